The quantitative estimate of drug-likeness (QED) is 0.228. The zero-order valence-electron chi connectivity index (χ0n) is 16.6. The molecule has 0 radical (unpaired) electrons. The Morgan fingerprint density at radius 3 is 2.52 bits per heavy atom. The number of benzene rings is 2. The Hall–Kier alpha value is -2.70. The maximum absolute atomic E-state index is 13.7. The van der Waals surface area contributed by atoms with Crippen LogP contribution in [0.2, 0.25) is 0 Å². The Bertz CT molecular complexity index is 960. The van der Waals surface area contributed by atoms with Crippen LogP contribution < -0.4 is 25.4 Å². The molecule has 1 amide bonds. The summed E-state index contributed by atoms with van der Waals surface area (Å²) in [5.41, 5.74) is 0.195. The molecule has 31 heavy (non-hydrogen) atoms. The summed E-state index contributed by atoms with van der Waals surface area (Å²) in [6, 6.07) is 6.97. The van der Waals surface area contributed by atoms with Crippen molar-refractivity contribution in [3.05, 3.63) is 47.8 Å². The van der Waals surface area contributed by atoms with E-state index in [1.807, 2.05) is 6.92 Å². The summed E-state index contributed by atoms with van der Waals surface area (Å²) < 4.78 is 51.2. The number of rotatable bonds is 5. The molecule has 1 aliphatic heterocycles. The number of hydrogen-bond acceptors (Lipinski definition) is 4. The molecule has 3 N–H and O–H groups in total. The number of ether oxygens (including phenoxy) is 2. The van der Waals surface area contributed by atoms with Crippen LogP contribution >= 0.6 is 24.0 Å². The van der Waals surface area contributed by atoms with Crippen molar-refractivity contribution in [3.8, 4) is 11.5 Å². The third kappa shape index (κ3) is 6.64. The van der Waals surface area contributed by atoms with Crippen molar-refractivity contribution in [2.75, 3.05) is 36.9 Å². The van der Waals surface area contributed by atoms with Gasteiger partial charge in [0, 0.05) is 24.7 Å². The molecule has 2 aromatic carbocycles. The van der Waals surface area contributed by atoms with Crippen LogP contribution in [-0.4, -0.2) is 38.2 Å². The number of carbonyl (C=O) groups is 1. The van der Waals surface area contributed by atoms with Crippen molar-refractivity contribution in [3.63, 3.8) is 0 Å². The highest BCUT2D eigenvalue weighted by molar-refractivity contribution is 14.0. The average Bonchev–Trinajstić information content (AvgIpc) is 2.97. The zero-order chi connectivity index (χ0) is 21.5. The van der Waals surface area contributed by atoms with E-state index in [2.05, 4.69) is 20.9 Å². The van der Waals surface area contributed by atoms with E-state index >= 15 is 0 Å². The maximum atomic E-state index is 13.7. The van der Waals surface area contributed by atoms with Gasteiger partial charge in [-0.05, 0) is 31.2 Å². The van der Waals surface area contributed by atoms with Crippen molar-refractivity contribution < 1.29 is 27.4 Å². The van der Waals surface area contributed by atoms with Gasteiger partial charge in [-0.2, -0.15) is 0 Å². The van der Waals surface area contributed by atoms with E-state index in [9.17, 15) is 18.0 Å². The SMILES string of the molecule is CCNC(=NCC(=O)Nc1ccc(F)c(F)c1F)Nc1ccc2c(c1)OCCCO2.I. The number of guanidine groups is 1. The van der Waals surface area contributed by atoms with E-state index < -0.39 is 29.0 Å². The molecule has 11 heteroatoms. The molecular weight excluding hydrogens is 528 g/mol. The first kappa shape index (κ1) is 24.6. The Morgan fingerprint density at radius 1 is 1.03 bits per heavy atom. The van der Waals surface area contributed by atoms with Crippen LogP contribution in [-0.2, 0) is 4.79 Å². The number of halogens is 4. The Labute approximate surface area is 194 Å². The molecule has 0 saturated heterocycles. The van der Waals surface area contributed by atoms with Gasteiger partial charge >= 0.3 is 0 Å². The van der Waals surface area contributed by atoms with Crippen LogP contribution in [0.25, 0.3) is 0 Å². The third-order valence-corrected chi connectivity index (χ3v) is 4.04. The lowest BCUT2D eigenvalue weighted by Crippen LogP contribution is -2.32. The number of amides is 1. The first-order chi connectivity index (χ1) is 14.5. The van der Waals surface area contributed by atoms with Crippen molar-refractivity contribution in [1.82, 2.24) is 5.32 Å². The molecule has 1 aliphatic rings. The Balaban J connectivity index is 0.00000341. The van der Waals surface area contributed by atoms with Gasteiger partial charge in [0.05, 0.1) is 18.9 Å². The normalized spacial score (nSPS) is 13.0. The van der Waals surface area contributed by atoms with Gasteiger partial charge in [-0.15, -0.1) is 24.0 Å². The van der Waals surface area contributed by atoms with Crippen molar-refractivity contribution in [1.29, 1.82) is 0 Å². The van der Waals surface area contributed by atoms with Gasteiger partial charge in [-0.25, -0.2) is 18.2 Å². The molecule has 0 saturated carbocycles. The highest BCUT2D eigenvalue weighted by Crippen LogP contribution is 2.32. The molecular formula is C20H22F3IN4O3. The predicted molar refractivity (Wildman–Crippen MR) is 122 cm³/mol. The molecule has 168 valence electrons. The highest BCUT2D eigenvalue weighted by Gasteiger charge is 2.15. The van der Waals surface area contributed by atoms with E-state index in [-0.39, 0.29) is 30.5 Å². The van der Waals surface area contributed by atoms with Crippen LogP contribution in [0, 0.1) is 17.5 Å². The lowest BCUT2D eigenvalue weighted by atomic mass is 10.2. The van der Waals surface area contributed by atoms with E-state index in [0.29, 0.717) is 42.9 Å². The molecule has 2 aromatic rings. The molecule has 3 rings (SSSR count). The number of hydrogen-bond donors (Lipinski definition) is 3. The van der Waals surface area contributed by atoms with Gasteiger partial charge in [0.1, 0.15) is 6.54 Å². The lowest BCUT2D eigenvalue weighted by molar-refractivity contribution is -0.114. The number of carbonyl (C=O) groups excluding carboxylic acids is 1. The molecule has 0 bridgehead atoms. The first-order valence-corrected chi connectivity index (χ1v) is 9.36. The summed E-state index contributed by atoms with van der Waals surface area (Å²) in [4.78, 5) is 16.2. The minimum atomic E-state index is -1.65. The second-order valence-corrected chi connectivity index (χ2v) is 6.30. The van der Waals surface area contributed by atoms with Crippen LogP contribution in [0.1, 0.15) is 13.3 Å². The second-order valence-electron chi connectivity index (χ2n) is 6.30. The van der Waals surface area contributed by atoms with Crippen molar-refractivity contribution in [2.24, 2.45) is 4.99 Å². The van der Waals surface area contributed by atoms with Gasteiger partial charge in [-0.1, -0.05) is 0 Å². The van der Waals surface area contributed by atoms with E-state index in [4.69, 9.17) is 9.47 Å². The molecule has 7 nitrogen and oxygen atoms in total. The largest absolute Gasteiger partial charge is 0.490 e. The molecule has 0 fully saturated rings. The average molecular weight is 550 g/mol. The maximum Gasteiger partial charge on any atom is 0.246 e. The summed E-state index contributed by atoms with van der Waals surface area (Å²) in [5.74, 6) is -3.61. The summed E-state index contributed by atoms with van der Waals surface area (Å²) in [6.07, 6.45) is 0.787. The van der Waals surface area contributed by atoms with Crippen LogP contribution in [0.3, 0.4) is 0 Å². The van der Waals surface area contributed by atoms with Crippen molar-refractivity contribution in [2.45, 2.75) is 13.3 Å². The van der Waals surface area contributed by atoms with Crippen LogP contribution in [0.5, 0.6) is 11.5 Å². The first-order valence-electron chi connectivity index (χ1n) is 9.36. The number of fused-ring (bicyclic) bond motifs is 1. The molecule has 0 unspecified atom stereocenters. The van der Waals surface area contributed by atoms with Gasteiger partial charge in [0.15, 0.2) is 34.9 Å². The summed E-state index contributed by atoms with van der Waals surface area (Å²) in [7, 11) is 0. The zero-order valence-corrected chi connectivity index (χ0v) is 19.0. The van der Waals surface area contributed by atoms with E-state index in [0.717, 1.165) is 18.6 Å². The monoisotopic (exact) mass is 550 g/mol. The highest BCUT2D eigenvalue weighted by atomic mass is 127. The van der Waals surface area contributed by atoms with Crippen LogP contribution in [0.4, 0.5) is 24.5 Å². The fraction of sp³-hybridized carbons (Fsp3) is 0.300. The van der Waals surface area contributed by atoms with Gasteiger partial charge < -0.3 is 25.4 Å². The predicted octanol–water partition coefficient (Wildman–Crippen LogP) is 3.90. The molecule has 0 spiro atoms. The van der Waals surface area contributed by atoms with Gasteiger partial charge in [0.2, 0.25) is 5.91 Å². The third-order valence-electron chi connectivity index (χ3n) is 4.04. The van der Waals surface area contributed by atoms with E-state index in [1.54, 1.807) is 18.2 Å². The second kappa shape index (κ2) is 11.6. The number of nitrogens with one attached hydrogen (secondary N) is 3. The standard InChI is InChI=1S/C20H21F3N4O3.HI/c1-2-24-20(26-12-4-7-15-16(10-12)30-9-3-8-29-15)25-11-17(28)27-14-6-5-13(21)18(22)19(14)23;/h4-7,10H,2-3,8-9,11H2,1H3,(H,27,28)(H2,24,25,26);1H. The van der Waals surface area contributed by atoms with E-state index in [1.165, 1.54) is 0 Å². The summed E-state index contributed by atoms with van der Waals surface area (Å²) >= 11 is 0. The molecule has 0 aromatic heterocycles. The summed E-state index contributed by atoms with van der Waals surface area (Å²) in [5, 5.41) is 8.18. The minimum absolute atomic E-state index is 0. The smallest absolute Gasteiger partial charge is 0.246 e. The number of anilines is 2. The van der Waals surface area contributed by atoms with Crippen molar-refractivity contribution >= 4 is 47.2 Å². The Kier molecular flexibility index (Phi) is 9.21. The van der Waals surface area contributed by atoms with Gasteiger partial charge in [-0.3, -0.25) is 4.79 Å². The lowest BCUT2D eigenvalue weighted by Gasteiger charge is -2.14. The number of nitrogens with zero attached hydrogens (tertiary/aromatic N) is 1. The fourth-order valence-electron chi connectivity index (χ4n) is 2.65. The molecule has 0 aliphatic carbocycles. The fourth-order valence-corrected chi connectivity index (χ4v) is 2.65. The topological polar surface area (TPSA) is 84.0 Å². The molecule has 0 atom stereocenters. The summed E-state index contributed by atoms with van der Waals surface area (Å²) in [6.45, 7) is 3.12. The number of aliphatic imine (C=N–C) groups is 1. The van der Waals surface area contributed by atoms with Crippen LogP contribution in [0.15, 0.2) is 35.3 Å². The minimum Gasteiger partial charge on any atom is -0.490 e. The molecule has 1 heterocycles. The van der Waals surface area contributed by atoms with Gasteiger partial charge in [0.25, 0.3) is 0 Å². The Morgan fingerprint density at radius 2 is 1.77 bits per heavy atom.